The third-order valence-corrected chi connectivity index (χ3v) is 2.73. The van der Waals surface area contributed by atoms with E-state index in [1.165, 1.54) is 0 Å². The number of hydrogen-bond donors (Lipinski definition) is 2. The maximum Gasteiger partial charge on any atom is 0.239 e. The molecule has 14 heavy (non-hydrogen) atoms. The normalized spacial score (nSPS) is 27.6. The predicted molar refractivity (Wildman–Crippen MR) is 54.7 cm³/mol. The molecular formula is C10H20N2O2. The third kappa shape index (κ3) is 2.69. The first-order chi connectivity index (χ1) is 6.52. The largest absolute Gasteiger partial charge is 0.393 e. The number of nitrogens with zero attached hydrogens (tertiary/aromatic N) is 1. The number of carbonyl (C=O) groups excluding carboxylic acids is 1. The minimum Gasteiger partial charge on any atom is -0.393 e. The number of nitrogens with two attached hydrogens (primary N) is 1. The Bertz CT molecular complexity index is 206. The first kappa shape index (κ1) is 11.5. The van der Waals surface area contributed by atoms with Crippen LogP contribution in [0.5, 0.6) is 0 Å². The fraction of sp³-hybridized carbons (Fsp3) is 0.900. The van der Waals surface area contributed by atoms with E-state index in [0.29, 0.717) is 6.42 Å². The maximum atomic E-state index is 11.7. The summed E-state index contributed by atoms with van der Waals surface area (Å²) in [6.07, 6.45) is 2.02. The standard InChI is InChI=1S/C10H20N2O2/c1-7(6-8(2)13)12-5-3-4-9(11)10(12)14/h7-9,13H,3-6,11H2,1-2H3. The lowest BCUT2D eigenvalue weighted by Crippen LogP contribution is -2.52. The summed E-state index contributed by atoms with van der Waals surface area (Å²) in [5.74, 6) is 0.0319. The lowest BCUT2D eigenvalue weighted by Gasteiger charge is -2.35. The van der Waals surface area contributed by atoms with E-state index in [1.54, 1.807) is 11.8 Å². The fourth-order valence-electron chi connectivity index (χ4n) is 1.99. The van der Waals surface area contributed by atoms with Gasteiger partial charge in [0.25, 0.3) is 0 Å². The van der Waals surface area contributed by atoms with Crippen molar-refractivity contribution in [3.05, 3.63) is 0 Å². The topological polar surface area (TPSA) is 66.6 Å². The quantitative estimate of drug-likeness (QED) is 0.679. The van der Waals surface area contributed by atoms with Crippen LogP contribution in [0, 0.1) is 0 Å². The number of rotatable bonds is 3. The van der Waals surface area contributed by atoms with Crippen LogP contribution in [0.25, 0.3) is 0 Å². The van der Waals surface area contributed by atoms with Crippen molar-refractivity contribution >= 4 is 5.91 Å². The zero-order valence-electron chi connectivity index (χ0n) is 8.94. The highest BCUT2D eigenvalue weighted by atomic mass is 16.3. The number of amides is 1. The van der Waals surface area contributed by atoms with Crippen molar-refractivity contribution in [3.63, 3.8) is 0 Å². The Balaban J connectivity index is 2.53. The van der Waals surface area contributed by atoms with Crippen LogP contribution in [0.1, 0.15) is 33.1 Å². The van der Waals surface area contributed by atoms with Crippen LogP contribution < -0.4 is 5.73 Å². The molecule has 3 N–H and O–H groups in total. The van der Waals surface area contributed by atoms with Crippen molar-refractivity contribution in [2.45, 2.75) is 51.3 Å². The molecule has 1 aliphatic rings. The molecule has 4 heteroatoms. The summed E-state index contributed by atoms with van der Waals surface area (Å²) in [7, 11) is 0. The molecular weight excluding hydrogens is 180 g/mol. The molecule has 4 nitrogen and oxygen atoms in total. The van der Waals surface area contributed by atoms with Gasteiger partial charge < -0.3 is 15.7 Å². The van der Waals surface area contributed by atoms with Crippen molar-refractivity contribution in [2.24, 2.45) is 5.73 Å². The van der Waals surface area contributed by atoms with E-state index in [9.17, 15) is 9.90 Å². The number of aliphatic hydroxyl groups is 1. The van der Waals surface area contributed by atoms with Gasteiger partial charge in [0.05, 0.1) is 12.1 Å². The van der Waals surface area contributed by atoms with Crippen LogP contribution in [-0.4, -0.2) is 40.6 Å². The molecule has 1 amide bonds. The van der Waals surface area contributed by atoms with Crippen LogP contribution in [-0.2, 0) is 4.79 Å². The molecule has 0 bridgehead atoms. The summed E-state index contributed by atoms with van der Waals surface area (Å²) in [5.41, 5.74) is 5.68. The maximum absolute atomic E-state index is 11.7. The minimum atomic E-state index is -0.365. The van der Waals surface area contributed by atoms with E-state index in [4.69, 9.17) is 5.73 Å². The van der Waals surface area contributed by atoms with Gasteiger partial charge in [-0.15, -0.1) is 0 Å². The Morgan fingerprint density at radius 2 is 2.29 bits per heavy atom. The second kappa shape index (κ2) is 4.75. The molecule has 1 aliphatic heterocycles. The summed E-state index contributed by atoms with van der Waals surface area (Å²) in [4.78, 5) is 13.5. The molecule has 0 aromatic heterocycles. The van der Waals surface area contributed by atoms with Gasteiger partial charge in [0.1, 0.15) is 0 Å². The smallest absolute Gasteiger partial charge is 0.239 e. The third-order valence-electron chi connectivity index (χ3n) is 2.73. The number of hydrogen-bond acceptors (Lipinski definition) is 3. The Morgan fingerprint density at radius 1 is 1.64 bits per heavy atom. The van der Waals surface area contributed by atoms with Crippen LogP contribution in [0.4, 0.5) is 0 Å². The van der Waals surface area contributed by atoms with Gasteiger partial charge in [0.2, 0.25) is 5.91 Å². The van der Waals surface area contributed by atoms with Crippen LogP contribution in [0.15, 0.2) is 0 Å². The molecule has 1 saturated heterocycles. The van der Waals surface area contributed by atoms with Crippen molar-refractivity contribution in [2.75, 3.05) is 6.54 Å². The van der Waals surface area contributed by atoms with Gasteiger partial charge in [0.15, 0.2) is 0 Å². The lowest BCUT2D eigenvalue weighted by atomic mass is 10.0. The van der Waals surface area contributed by atoms with Gasteiger partial charge in [-0.2, -0.15) is 0 Å². The Kier molecular flexibility index (Phi) is 3.89. The van der Waals surface area contributed by atoms with Crippen LogP contribution >= 0.6 is 0 Å². The molecule has 0 aliphatic carbocycles. The molecule has 0 radical (unpaired) electrons. The highest BCUT2D eigenvalue weighted by Crippen LogP contribution is 2.15. The van der Waals surface area contributed by atoms with Crippen LogP contribution in [0.3, 0.4) is 0 Å². The minimum absolute atomic E-state index is 0.0319. The van der Waals surface area contributed by atoms with Gasteiger partial charge in [-0.25, -0.2) is 0 Å². The molecule has 0 spiro atoms. The fourth-order valence-corrected chi connectivity index (χ4v) is 1.99. The molecule has 1 heterocycles. The Hall–Kier alpha value is -0.610. The first-order valence-electron chi connectivity index (χ1n) is 5.26. The predicted octanol–water partition coefficient (Wildman–Crippen LogP) is 0.0955. The number of likely N-dealkylation sites (tertiary alicyclic amines) is 1. The van der Waals surface area contributed by atoms with Crippen molar-refractivity contribution in [3.8, 4) is 0 Å². The number of aliphatic hydroxyl groups excluding tert-OH is 1. The molecule has 0 aromatic rings. The zero-order valence-corrected chi connectivity index (χ0v) is 8.94. The molecule has 3 atom stereocenters. The Labute approximate surface area is 85.1 Å². The van der Waals surface area contributed by atoms with Gasteiger partial charge in [0, 0.05) is 12.6 Å². The van der Waals surface area contributed by atoms with E-state index < -0.39 is 0 Å². The zero-order chi connectivity index (χ0) is 10.7. The number of piperidine rings is 1. The van der Waals surface area contributed by atoms with E-state index in [1.807, 2.05) is 6.92 Å². The lowest BCUT2D eigenvalue weighted by molar-refractivity contribution is -0.137. The van der Waals surface area contributed by atoms with Gasteiger partial charge in [-0.3, -0.25) is 4.79 Å². The second-order valence-electron chi connectivity index (χ2n) is 4.21. The van der Waals surface area contributed by atoms with Gasteiger partial charge in [-0.1, -0.05) is 0 Å². The molecule has 0 saturated carbocycles. The molecule has 82 valence electrons. The van der Waals surface area contributed by atoms with Crippen molar-refractivity contribution in [1.29, 1.82) is 0 Å². The molecule has 0 aromatic carbocycles. The van der Waals surface area contributed by atoms with E-state index in [-0.39, 0.29) is 24.1 Å². The average Bonchev–Trinajstić information content (AvgIpc) is 2.08. The average molecular weight is 200 g/mol. The molecule has 1 rings (SSSR count). The molecule has 3 unspecified atom stereocenters. The second-order valence-corrected chi connectivity index (χ2v) is 4.21. The SMILES string of the molecule is CC(O)CC(C)N1CCCC(N)C1=O. The monoisotopic (exact) mass is 200 g/mol. The summed E-state index contributed by atoms with van der Waals surface area (Å²) >= 11 is 0. The first-order valence-corrected chi connectivity index (χ1v) is 5.26. The highest BCUT2D eigenvalue weighted by molar-refractivity contribution is 5.82. The van der Waals surface area contributed by atoms with Gasteiger partial charge >= 0.3 is 0 Å². The van der Waals surface area contributed by atoms with Crippen LogP contribution in [0.2, 0.25) is 0 Å². The van der Waals surface area contributed by atoms with E-state index in [0.717, 1.165) is 19.4 Å². The van der Waals surface area contributed by atoms with Gasteiger partial charge in [-0.05, 0) is 33.1 Å². The van der Waals surface area contributed by atoms with Crippen molar-refractivity contribution in [1.82, 2.24) is 4.90 Å². The number of carbonyl (C=O) groups is 1. The van der Waals surface area contributed by atoms with Crippen molar-refractivity contribution < 1.29 is 9.90 Å². The van der Waals surface area contributed by atoms with E-state index >= 15 is 0 Å². The van der Waals surface area contributed by atoms with E-state index in [2.05, 4.69) is 0 Å². The Morgan fingerprint density at radius 3 is 2.86 bits per heavy atom. The summed E-state index contributed by atoms with van der Waals surface area (Å²) in [6, 6.07) is -0.242. The summed E-state index contributed by atoms with van der Waals surface area (Å²) in [6.45, 7) is 4.48. The summed E-state index contributed by atoms with van der Waals surface area (Å²) < 4.78 is 0. The summed E-state index contributed by atoms with van der Waals surface area (Å²) in [5, 5.41) is 9.24. The molecule has 1 fully saturated rings. The highest BCUT2D eigenvalue weighted by Gasteiger charge is 2.29.